The number of ether oxygens (including phenoxy) is 2. The van der Waals surface area contributed by atoms with Crippen LogP contribution in [0.2, 0.25) is 5.02 Å². The van der Waals surface area contributed by atoms with Crippen LogP contribution in [-0.4, -0.2) is 25.1 Å². The predicted molar refractivity (Wildman–Crippen MR) is 137 cm³/mol. The standard InChI is InChI=1S/C25H23BrClN3O4/c1-15-7-8-16(2)21(9-15)29-24(31)25(32)30-28-13-18-11-20(26)23(22(12-18)33-3)34-14-17-5-4-6-19(27)10-17/h4-13H,14H2,1-3H3,(H,29,31)(H,30,32)/b28-13+. The molecule has 2 amide bonds. The van der Waals surface area contributed by atoms with Gasteiger partial charge in [-0.05, 0) is 82.4 Å². The van der Waals surface area contributed by atoms with Gasteiger partial charge in [-0.3, -0.25) is 9.59 Å². The summed E-state index contributed by atoms with van der Waals surface area (Å²) in [5.41, 5.74) is 6.16. The molecular formula is C25H23BrClN3O4. The Balaban J connectivity index is 1.63. The number of hydrogen-bond acceptors (Lipinski definition) is 5. The number of rotatable bonds is 7. The lowest BCUT2D eigenvalue weighted by Gasteiger charge is -2.13. The minimum atomic E-state index is -0.885. The molecule has 2 N–H and O–H groups in total. The van der Waals surface area contributed by atoms with Crippen LogP contribution in [-0.2, 0) is 16.2 Å². The molecule has 0 aliphatic heterocycles. The lowest BCUT2D eigenvalue weighted by Crippen LogP contribution is -2.32. The maximum atomic E-state index is 12.2. The van der Waals surface area contributed by atoms with Crippen LogP contribution in [0.5, 0.6) is 11.5 Å². The maximum Gasteiger partial charge on any atom is 0.329 e. The molecule has 0 atom stereocenters. The number of aryl methyl sites for hydroxylation is 2. The number of carbonyl (C=O) groups excluding carboxylic acids is 2. The second-order valence-corrected chi connectivity index (χ2v) is 8.72. The molecule has 3 aromatic carbocycles. The first-order valence-corrected chi connectivity index (χ1v) is 11.4. The molecule has 34 heavy (non-hydrogen) atoms. The number of hydrogen-bond donors (Lipinski definition) is 2. The molecule has 0 radical (unpaired) electrons. The Bertz CT molecular complexity index is 1250. The van der Waals surface area contributed by atoms with Gasteiger partial charge in [-0.15, -0.1) is 0 Å². The van der Waals surface area contributed by atoms with E-state index in [-0.39, 0.29) is 0 Å². The van der Waals surface area contributed by atoms with Crippen LogP contribution in [0.4, 0.5) is 5.69 Å². The Morgan fingerprint density at radius 3 is 2.62 bits per heavy atom. The highest BCUT2D eigenvalue weighted by atomic mass is 79.9. The van der Waals surface area contributed by atoms with Crippen molar-refractivity contribution >= 4 is 51.2 Å². The molecule has 0 aliphatic carbocycles. The Morgan fingerprint density at radius 2 is 1.88 bits per heavy atom. The van der Waals surface area contributed by atoms with E-state index in [4.69, 9.17) is 21.1 Å². The summed E-state index contributed by atoms with van der Waals surface area (Å²) in [6.45, 7) is 4.05. The zero-order chi connectivity index (χ0) is 24.7. The average molecular weight is 545 g/mol. The number of amides is 2. The van der Waals surface area contributed by atoms with E-state index in [0.717, 1.165) is 16.7 Å². The molecule has 3 aromatic rings. The van der Waals surface area contributed by atoms with E-state index in [1.54, 1.807) is 24.3 Å². The first-order valence-electron chi connectivity index (χ1n) is 10.2. The van der Waals surface area contributed by atoms with Crippen LogP contribution in [0.3, 0.4) is 0 Å². The van der Waals surface area contributed by atoms with Gasteiger partial charge in [0.15, 0.2) is 11.5 Å². The van der Waals surface area contributed by atoms with E-state index < -0.39 is 11.8 Å². The Labute approximate surface area is 211 Å². The fraction of sp³-hybridized carbons (Fsp3) is 0.160. The zero-order valence-electron chi connectivity index (χ0n) is 18.8. The molecule has 0 bridgehead atoms. The Hall–Kier alpha value is -3.36. The summed E-state index contributed by atoms with van der Waals surface area (Å²) in [7, 11) is 1.52. The molecule has 0 spiro atoms. The molecule has 0 fully saturated rings. The molecule has 3 rings (SSSR count). The minimum Gasteiger partial charge on any atom is -0.493 e. The van der Waals surface area contributed by atoms with Gasteiger partial charge in [-0.2, -0.15) is 5.10 Å². The van der Waals surface area contributed by atoms with E-state index in [1.165, 1.54) is 13.3 Å². The van der Waals surface area contributed by atoms with E-state index in [0.29, 0.717) is 38.9 Å². The van der Waals surface area contributed by atoms with E-state index in [2.05, 4.69) is 31.8 Å². The third-order valence-corrected chi connectivity index (χ3v) is 5.58. The van der Waals surface area contributed by atoms with Crippen LogP contribution < -0.4 is 20.2 Å². The summed E-state index contributed by atoms with van der Waals surface area (Å²) >= 11 is 9.50. The van der Waals surface area contributed by atoms with Gasteiger partial charge in [0.25, 0.3) is 0 Å². The summed E-state index contributed by atoms with van der Waals surface area (Å²) in [5.74, 6) is -0.715. The lowest BCUT2D eigenvalue weighted by molar-refractivity contribution is -0.136. The summed E-state index contributed by atoms with van der Waals surface area (Å²) in [6, 6.07) is 16.4. The van der Waals surface area contributed by atoms with Crippen molar-refractivity contribution in [3.63, 3.8) is 0 Å². The predicted octanol–water partition coefficient (Wildman–Crippen LogP) is 5.40. The number of anilines is 1. The van der Waals surface area contributed by atoms with E-state index >= 15 is 0 Å². The molecule has 0 saturated heterocycles. The quantitative estimate of drug-likeness (QED) is 0.237. The SMILES string of the molecule is COc1cc(/C=N/NC(=O)C(=O)Nc2cc(C)ccc2C)cc(Br)c1OCc1cccc(Cl)c1. The number of nitrogens with one attached hydrogen (secondary N) is 2. The van der Waals surface area contributed by atoms with Crippen molar-refractivity contribution in [1.82, 2.24) is 5.43 Å². The van der Waals surface area contributed by atoms with Gasteiger partial charge in [0.05, 0.1) is 17.8 Å². The van der Waals surface area contributed by atoms with Crippen molar-refractivity contribution in [1.29, 1.82) is 0 Å². The monoisotopic (exact) mass is 543 g/mol. The fourth-order valence-electron chi connectivity index (χ4n) is 3.00. The minimum absolute atomic E-state index is 0.300. The summed E-state index contributed by atoms with van der Waals surface area (Å²) < 4.78 is 12.0. The number of methoxy groups -OCH3 is 1. The van der Waals surface area contributed by atoms with Crippen molar-refractivity contribution < 1.29 is 19.1 Å². The number of halogens is 2. The van der Waals surface area contributed by atoms with Crippen molar-refractivity contribution in [3.8, 4) is 11.5 Å². The van der Waals surface area contributed by atoms with Crippen molar-refractivity contribution in [3.05, 3.63) is 86.3 Å². The molecule has 0 heterocycles. The highest BCUT2D eigenvalue weighted by Crippen LogP contribution is 2.37. The Kier molecular flexibility index (Phi) is 8.67. The second kappa shape index (κ2) is 11.7. The third-order valence-electron chi connectivity index (χ3n) is 4.75. The maximum absolute atomic E-state index is 12.2. The molecule has 0 aliphatic rings. The fourth-order valence-corrected chi connectivity index (χ4v) is 3.79. The number of nitrogens with zero attached hydrogens (tertiary/aromatic N) is 1. The molecule has 0 saturated carbocycles. The van der Waals surface area contributed by atoms with Gasteiger partial charge >= 0.3 is 11.8 Å². The van der Waals surface area contributed by atoms with Gasteiger partial charge in [-0.1, -0.05) is 35.9 Å². The van der Waals surface area contributed by atoms with Gasteiger partial charge in [0, 0.05) is 10.7 Å². The molecule has 9 heteroatoms. The Morgan fingerprint density at radius 1 is 1.09 bits per heavy atom. The third kappa shape index (κ3) is 6.82. The average Bonchev–Trinajstić information content (AvgIpc) is 2.80. The zero-order valence-corrected chi connectivity index (χ0v) is 21.2. The van der Waals surface area contributed by atoms with Crippen molar-refractivity contribution in [2.45, 2.75) is 20.5 Å². The molecule has 0 aromatic heterocycles. The van der Waals surface area contributed by atoms with Crippen LogP contribution >= 0.6 is 27.5 Å². The molecular weight excluding hydrogens is 522 g/mol. The van der Waals surface area contributed by atoms with Gasteiger partial charge < -0.3 is 14.8 Å². The summed E-state index contributed by atoms with van der Waals surface area (Å²) in [4.78, 5) is 24.3. The number of carbonyl (C=O) groups is 2. The first-order chi connectivity index (χ1) is 16.3. The number of hydrazone groups is 1. The van der Waals surface area contributed by atoms with Crippen LogP contribution in [0, 0.1) is 13.8 Å². The van der Waals surface area contributed by atoms with Gasteiger partial charge in [0.1, 0.15) is 6.61 Å². The summed E-state index contributed by atoms with van der Waals surface area (Å²) in [6.07, 6.45) is 1.40. The summed E-state index contributed by atoms with van der Waals surface area (Å²) in [5, 5.41) is 7.09. The number of benzene rings is 3. The first kappa shape index (κ1) is 25.3. The van der Waals surface area contributed by atoms with E-state index in [9.17, 15) is 9.59 Å². The largest absolute Gasteiger partial charge is 0.493 e. The van der Waals surface area contributed by atoms with Gasteiger partial charge in [-0.25, -0.2) is 5.43 Å². The van der Waals surface area contributed by atoms with Crippen LogP contribution in [0.1, 0.15) is 22.3 Å². The molecule has 176 valence electrons. The highest BCUT2D eigenvalue weighted by molar-refractivity contribution is 9.10. The van der Waals surface area contributed by atoms with Crippen LogP contribution in [0.15, 0.2) is 64.2 Å². The topological polar surface area (TPSA) is 89.0 Å². The lowest BCUT2D eigenvalue weighted by atomic mass is 10.1. The van der Waals surface area contributed by atoms with E-state index in [1.807, 2.05) is 44.2 Å². The van der Waals surface area contributed by atoms with Crippen molar-refractivity contribution in [2.24, 2.45) is 5.10 Å². The van der Waals surface area contributed by atoms with Gasteiger partial charge in [0.2, 0.25) is 0 Å². The highest BCUT2D eigenvalue weighted by Gasteiger charge is 2.15. The van der Waals surface area contributed by atoms with Crippen molar-refractivity contribution in [2.75, 3.05) is 12.4 Å². The second-order valence-electron chi connectivity index (χ2n) is 7.42. The molecule has 7 nitrogen and oxygen atoms in total. The van der Waals surface area contributed by atoms with Crippen LogP contribution in [0.25, 0.3) is 0 Å². The molecule has 0 unspecified atom stereocenters. The smallest absolute Gasteiger partial charge is 0.329 e. The normalized spacial score (nSPS) is 10.7.